The average molecular weight is 343 g/mol. The molecule has 2 heterocycles. The largest absolute Gasteiger partial charge is 0.341 e. The predicted octanol–water partition coefficient (Wildman–Crippen LogP) is 2.12. The highest BCUT2D eigenvalue weighted by atomic mass is 19.1. The van der Waals surface area contributed by atoms with Gasteiger partial charge in [0, 0.05) is 25.4 Å². The van der Waals surface area contributed by atoms with Crippen molar-refractivity contribution in [3.63, 3.8) is 0 Å². The number of amides is 1. The van der Waals surface area contributed by atoms with E-state index in [1.54, 1.807) is 9.58 Å². The first-order valence-corrected chi connectivity index (χ1v) is 8.90. The third-order valence-corrected chi connectivity index (χ3v) is 5.16. The highest BCUT2D eigenvalue weighted by Crippen LogP contribution is 2.38. The van der Waals surface area contributed by atoms with Gasteiger partial charge in [-0.15, -0.1) is 5.10 Å². The van der Waals surface area contributed by atoms with Gasteiger partial charge in [0.25, 0.3) is 0 Å². The molecule has 0 spiro atoms. The number of nitrogens with zero attached hydrogens (tertiary/aromatic N) is 5. The molecular weight excluding hydrogens is 321 g/mol. The van der Waals surface area contributed by atoms with E-state index >= 15 is 4.39 Å². The van der Waals surface area contributed by atoms with Gasteiger partial charge in [0.05, 0.1) is 0 Å². The van der Waals surface area contributed by atoms with Crippen molar-refractivity contribution < 1.29 is 9.18 Å². The third kappa shape index (κ3) is 3.70. The number of halogens is 1. The number of likely N-dealkylation sites (tertiary alicyclic amines) is 1. The highest BCUT2D eigenvalue weighted by molar-refractivity contribution is 5.76. The fourth-order valence-corrected chi connectivity index (χ4v) is 3.48. The Kier molecular flexibility index (Phi) is 4.23. The molecule has 1 saturated carbocycles. The van der Waals surface area contributed by atoms with Crippen LogP contribution in [0.3, 0.4) is 0 Å². The van der Waals surface area contributed by atoms with Gasteiger partial charge in [-0.25, -0.2) is 9.07 Å². The number of rotatable bonds is 5. The van der Waals surface area contributed by atoms with Crippen LogP contribution in [0.15, 0.2) is 30.3 Å². The van der Waals surface area contributed by atoms with E-state index < -0.39 is 5.67 Å². The second-order valence-corrected chi connectivity index (χ2v) is 7.16. The number of tetrazole rings is 1. The van der Waals surface area contributed by atoms with E-state index in [4.69, 9.17) is 0 Å². The second-order valence-electron chi connectivity index (χ2n) is 7.16. The van der Waals surface area contributed by atoms with E-state index in [0.717, 1.165) is 24.2 Å². The molecule has 4 rings (SSSR count). The summed E-state index contributed by atoms with van der Waals surface area (Å²) < 4.78 is 16.7. The van der Waals surface area contributed by atoms with Gasteiger partial charge in [0.1, 0.15) is 12.2 Å². The number of benzene rings is 1. The molecule has 0 bridgehead atoms. The zero-order valence-electron chi connectivity index (χ0n) is 14.1. The average Bonchev–Trinajstić information content (AvgIpc) is 3.35. The Morgan fingerprint density at radius 2 is 1.92 bits per heavy atom. The maximum Gasteiger partial charge on any atom is 0.244 e. The number of carbonyl (C=O) groups excluding carboxylic acids is 1. The van der Waals surface area contributed by atoms with Crippen LogP contribution in [0.1, 0.15) is 43.0 Å². The van der Waals surface area contributed by atoms with Gasteiger partial charge in [0.15, 0.2) is 5.82 Å². The Hall–Kier alpha value is -2.31. The summed E-state index contributed by atoms with van der Waals surface area (Å²) in [5.74, 6) is 1.17. The molecule has 6 nitrogen and oxygen atoms in total. The maximum atomic E-state index is 15.1. The molecule has 25 heavy (non-hydrogen) atoms. The van der Waals surface area contributed by atoms with Crippen molar-refractivity contribution in [2.24, 2.45) is 0 Å². The molecule has 1 aliphatic carbocycles. The minimum Gasteiger partial charge on any atom is -0.341 e. The quantitative estimate of drug-likeness (QED) is 0.834. The van der Waals surface area contributed by atoms with Crippen molar-refractivity contribution in [1.29, 1.82) is 0 Å². The first-order valence-electron chi connectivity index (χ1n) is 8.90. The minimum absolute atomic E-state index is 0.0315. The Labute approximate surface area is 146 Å². The zero-order valence-corrected chi connectivity index (χ0v) is 14.1. The van der Waals surface area contributed by atoms with Crippen molar-refractivity contribution in [3.8, 4) is 0 Å². The zero-order chi connectivity index (χ0) is 17.3. The molecule has 0 N–H and O–H groups in total. The maximum absolute atomic E-state index is 15.1. The van der Waals surface area contributed by atoms with E-state index in [9.17, 15) is 4.79 Å². The summed E-state index contributed by atoms with van der Waals surface area (Å²) in [6.45, 7) is 1.04. The lowest BCUT2D eigenvalue weighted by atomic mass is 9.87. The number of hydrogen-bond donors (Lipinski definition) is 0. The van der Waals surface area contributed by atoms with Gasteiger partial charge in [-0.2, -0.15) is 0 Å². The summed E-state index contributed by atoms with van der Waals surface area (Å²) in [5, 5.41) is 11.6. The van der Waals surface area contributed by atoms with Crippen LogP contribution < -0.4 is 0 Å². The molecule has 2 aromatic rings. The van der Waals surface area contributed by atoms with Crippen molar-refractivity contribution in [1.82, 2.24) is 25.1 Å². The topological polar surface area (TPSA) is 63.9 Å². The molecule has 1 amide bonds. The van der Waals surface area contributed by atoms with E-state index in [1.165, 1.54) is 0 Å². The molecule has 7 heteroatoms. The smallest absolute Gasteiger partial charge is 0.244 e. The Bertz CT molecular complexity index is 735. The van der Waals surface area contributed by atoms with Crippen LogP contribution in [-0.2, 0) is 17.8 Å². The van der Waals surface area contributed by atoms with Gasteiger partial charge < -0.3 is 4.90 Å². The molecule has 1 aromatic heterocycles. The van der Waals surface area contributed by atoms with Gasteiger partial charge >= 0.3 is 0 Å². The van der Waals surface area contributed by atoms with Gasteiger partial charge in [-0.1, -0.05) is 30.3 Å². The molecule has 2 aliphatic rings. The summed E-state index contributed by atoms with van der Waals surface area (Å²) in [4.78, 5) is 14.3. The lowest BCUT2D eigenvalue weighted by Crippen LogP contribution is -2.46. The Morgan fingerprint density at radius 3 is 2.60 bits per heavy atom. The first-order chi connectivity index (χ1) is 12.1. The summed E-state index contributed by atoms with van der Waals surface area (Å²) in [7, 11) is 0. The number of piperidine rings is 1. The van der Waals surface area contributed by atoms with Gasteiger partial charge in [-0.3, -0.25) is 4.79 Å². The van der Waals surface area contributed by atoms with Crippen LogP contribution >= 0.6 is 0 Å². The number of alkyl halides is 1. The van der Waals surface area contributed by atoms with Crippen LogP contribution in [0.5, 0.6) is 0 Å². The number of carbonyl (C=O) groups is 1. The van der Waals surface area contributed by atoms with E-state index in [-0.39, 0.29) is 12.5 Å². The van der Waals surface area contributed by atoms with Crippen LogP contribution in [0.25, 0.3) is 0 Å². The van der Waals surface area contributed by atoms with E-state index in [2.05, 4.69) is 15.5 Å². The van der Waals surface area contributed by atoms with Crippen molar-refractivity contribution in [3.05, 3.63) is 41.7 Å². The Balaban J connectivity index is 1.33. The molecule has 0 unspecified atom stereocenters. The summed E-state index contributed by atoms with van der Waals surface area (Å²) in [5.41, 5.74) is -0.223. The molecule has 132 valence electrons. The van der Waals surface area contributed by atoms with Crippen LogP contribution in [-0.4, -0.2) is 49.8 Å². The summed E-state index contributed by atoms with van der Waals surface area (Å²) in [6, 6.07) is 9.71. The normalized spacial score (nSPS) is 19.8. The second kappa shape index (κ2) is 6.54. The molecule has 0 atom stereocenters. The fourth-order valence-electron chi connectivity index (χ4n) is 3.48. The SMILES string of the molecule is O=C(Cn1nnnc1C1CC1)N1CCC(F)(Cc2ccccc2)CC1. The van der Waals surface area contributed by atoms with E-state index in [1.807, 2.05) is 30.3 Å². The molecule has 1 aromatic carbocycles. The number of hydrogen-bond acceptors (Lipinski definition) is 4. The summed E-state index contributed by atoms with van der Waals surface area (Å²) >= 11 is 0. The first kappa shape index (κ1) is 16.2. The van der Waals surface area contributed by atoms with Crippen LogP contribution in [0.4, 0.5) is 4.39 Å². The minimum atomic E-state index is -1.23. The van der Waals surface area contributed by atoms with Crippen LogP contribution in [0.2, 0.25) is 0 Å². The van der Waals surface area contributed by atoms with Gasteiger partial charge in [-0.05, 0) is 41.7 Å². The van der Waals surface area contributed by atoms with Crippen molar-refractivity contribution in [2.75, 3.05) is 13.1 Å². The Morgan fingerprint density at radius 1 is 1.20 bits per heavy atom. The standard InChI is InChI=1S/C18H22FN5O/c19-18(12-14-4-2-1-3-5-14)8-10-23(11-9-18)16(25)13-24-17(15-6-7-15)20-21-22-24/h1-5,15H,6-13H2. The van der Waals surface area contributed by atoms with Gasteiger partial charge in [0.2, 0.25) is 5.91 Å². The molecular formula is C18H22FN5O. The number of aromatic nitrogens is 4. The molecule has 2 fully saturated rings. The third-order valence-electron chi connectivity index (χ3n) is 5.16. The molecule has 1 saturated heterocycles. The highest BCUT2D eigenvalue weighted by Gasteiger charge is 2.36. The predicted molar refractivity (Wildman–Crippen MR) is 89.6 cm³/mol. The monoisotopic (exact) mass is 343 g/mol. The lowest BCUT2D eigenvalue weighted by molar-refractivity contribution is -0.134. The summed E-state index contributed by atoms with van der Waals surface area (Å²) in [6.07, 6.45) is 3.33. The lowest BCUT2D eigenvalue weighted by Gasteiger charge is -2.36. The molecule has 0 radical (unpaired) electrons. The van der Waals surface area contributed by atoms with Crippen LogP contribution in [0, 0.1) is 0 Å². The van der Waals surface area contributed by atoms with Crippen molar-refractivity contribution in [2.45, 2.75) is 50.2 Å². The fraction of sp³-hybridized carbons (Fsp3) is 0.556. The molecule has 1 aliphatic heterocycles. The van der Waals surface area contributed by atoms with Crippen molar-refractivity contribution >= 4 is 5.91 Å². The van der Waals surface area contributed by atoms with E-state index in [0.29, 0.717) is 38.3 Å².